The molecule has 1 saturated heterocycles. The molecular weight excluding hydrogens is 574 g/mol. The second kappa shape index (κ2) is 10.7. The van der Waals surface area contributed by atoms with Crippen LogP contribution in [-0.4, -0.2) is 42.6 Å². The summed E-state index contributed by atoms with van der Waals surface area (Å²) in [5, 5.41) is 7.45. The fourth-order valence-corrected chi connectivity index (χ4v) is 5.13. The van der Waals surface area contributed by atoms with Gasteiger partial charge in [0.2, 0.25) is 5.91 Å². The summed E-state index contributed by atoms with van der Waals surface area (Å²) in [4.78, 5) is 39.2. The fourth-order valence-electron chi connectivity index (χ4n) is 4.27. The number of aliphatic imine (C=N–C) groups is 1. The average molecular weight is 592 g/mol. The summed E-state index contributed by atoms with van der Waals surface area (Å²) in [7, 11) is 0. The Morgan fingerprint density at radius 3 is 2.57 bits per heavy atom. The van der Waals surface area contributed by atoms with Crippen molar-refractivity contribution in [3.05, 3.63) is 96.7 Å². The van der Waals surface area contributed by atoms with Crippen LogP contribution in [0.25, 0.3) is 28.0 Å². The number of rotatable bonds is 4. The third-order valence-electron chi connectivity index (χ3n) is 6.25. The molecule has 0 spiro atoms. The minimum Gasteiger partial charge on any atom is -0.303 e. The third-order valence-corrected chi connectivity index (χ3v) is 7.17. The summed E-state index contributed by atoms with van der Waals surface area (Å²) >= 11 is 1.08. The number of carbonyl (C=O) groups excluding carboxylic acids is 2. The number of hydrogen-bond acceptors (Lipinski definition) is 6. The van der Waals surface area contributed by atoms with Crippen LogP contribution in [0.4, 0.5) is 33.7 Å². The second-order valence-corrected chi connectivity index (χ2v) is 9.88. The minimum atomic E-state index is -4.46. The molecule has 6 rings (SSSR count). The molecule has 14 heteroatoms. The third kappa shape index (κ3) is 5.31. The van der Waals surface area contributed by atoms with Gasteiger partial charge >= 0.3 is 12.2 Å². The van der Waals surface area contributed by atoms with E-state index in [0.29, 0.717) is 22.3 Å². The van der Waals surface area contributed by atoms with Crippen LogP contribution in [0, 0.1) is 5.82 Å². The fraction of sp³-hybridized carbons (Fsp3) is 0.0714. The molecule has 0 aliphatic carbocycles. The van der Waals surface area contributed by atoms with Crippen molar-refractivity contribution < 1.29 is 27.2 Å². The number of fused-ring (bicyclic) bond motifs is 1. The molecule has 0 bridgehead atoms. The monoisotopic (exact) mass is 591 g/mol. The Hall–Kier alpha value is -5.11. The van der Waals surface area contributed by atoms with Crippen LogP contribution in [0.3, 0.4) is 0 Å². The predicted molar refractivity (Wildman–Crippen MR) is 150 cm³/mol. The van der Waals surface area contributed by atoms with Gasteiger partial charge in [0, 0.05) is 17.1 Å². The van der Waals surface area contributed by atoms with Gasteiger partial charge in [-0.1, -0.05) is 17.8 Å². The first-order chi connectivity index (χ1) is 20.2. The molecule has 3 amide bonds. The van der Waals surface area contributed by atoms with E-state index in [1.165, 1.54) is 40.2 Å². The SMILES string of the molecule is O=C(N=C1SCC(=O)N1c1cccc2ncccc12)Nc1ccc(-c2ncn(-c3ccc(C(F)(F)F)cc3)n2)cc1F. The minimum absolute atomic E-state index is 0.0813. The van der Waals surface area contributed by atoms with Crippen molar-refractivity contribution in [3.8, 4) is 17.1 Å². The predicted octanol–water partition coefficient (Wildman–Crippen LogP) is 6.31. The Labute approximate surface area is 238 Å². The van der Waals surface area contributed by atoms with Crippen LogP contribution < -0.4 is 10.2 Å². The molecule has 0 saturated carbocycles. The van der Waals surface area contributed by atoms with Crippen LogP contribution in [0.2, 0.25) is 0 Å². The highest BCUT2D eigenvalue weighted by atomic mass is 32.2. The van der Waals surface area contributed by atoms with Gasteiger partial charge < -0.3 is 5.32 Å². The van der Waals surface area contributed by atoms with Crippen molar-refractivity contribution >= 4 is 51.1 Å². The van der Waals surface area contributed by atoms with Gasteiger partial charge in [-0.2, -0.15) is 18.2 Å². The Bertz CT molecular complexity index is 1870. The van der Waals surface area contributed by atoms with Gasteiger partial charge in [-0.3, -0.25) is 14.7 Å². The van der Waals surface area contributed by atoms with Crippen LogP contribution in [0.15, 0.2) is 90.3 Å². The van der Waals surface area contributed by atoms with E-state index in [1.807, 2.05) is 6.07 Å². The Kier molecular flexibility index (Phi) is 6.90. The van der Waals surface area contributed by atoms with Crippen molar-refractivity contribution in [2.24, 2.45) is 4.99 Å². The van der Waals surface area contributed by atoms with Crippen molar-refractivity contribution in [2.45, 2.75) is 6.18 Å². The zero-order chi connectivity index (χ0) is 29.4. The van der Waals surface area contributed by atoms with Crippen LogP contribution in [0.5, 0.6) is 0 Å². The highest BCUT2D eigenvalue weighted by Crippen LogP contribution is 2.33. The maximum absolute atomic E-state index is 15.0. The van der Waals surface area contributed by atoms with Gasteiger partial charge in [0.1, 0.15) is 12.1 Å². The van der Waals surface area contributed by atoms with Gasteiger partial charge in [0.05, 0.1) is 33.9 Å². The van der Waals surface area contributed by atoms with Gasteiger partial charge in [0.25, 0.3) is 0 Å². The standard InChI is InChI=1S/C28H17F4N7O2S/c29-20-13-16(25-34-15-38(37-25)18-9-7-17(8-10-18)28(30,31)32)6-11-22(20)35-26(41)36-27-39(24(40)14-42-27)23-5-1-4-21-19(23)3-2-12-33-21/h1-13,15H,14H2,(H,35,41). The van der Waals surface area contributed by atoms with E-state index in [4.69, 9.17) is 0 Å². The first-order valence-electron chi connectivity index (χ1n) is 12.3. The number of alkyl halides is 3. The lowest BCUT2D eigenvalue weighted by Crippen LogP contribution is -2.30. The number of nitrogens with zero attached hydrogens (tertiary/aromatic N) is 6. The van der Waals surface area contributed by atoms with E-state index >= 15 is 0 Å². The van der Waals surface area contributed by atoms with E-state index in [9.17, 15) is 27.2 Å². The quantitative estimate of drug-likeness (QED) is 0.246. The molecule has 3 aromatic carbocycles. The van der Waals surface area contributed by atoms with Crippen LogP contribution in [0.1, 0.15) is 5.56 Å². The topological polar surface area (TPSA) is 105 Å². The molecule has 0 radical (unpaired) electrons. The molecule has 1 N–H and O–H groups in total. The number of urea groups is 1. The van der Waals surface area contributed by atoms with Gasteiger partial charge in [-0.15, -0.1) is 5.10 Å². The van der Waals surface area contributed by atoms with Gasteiger partial charge in [-0.25, -0.2) is 18.9 Å². The molecule has 1 aliphatic heterocycles. The zero-order valence-corrected chi connectivity index (χ0v) is 22.0. The number of hydrogen-bond donors (Lipinski definition) is 1. The number of pyridine rings is 1. The Morgan fingerprint density at radius 2 is 1.81 bits per heavy atom. The largest absolute Gasteiger partial charge is 0.416 e. The van der Waals surface area contributed by atoms with Crippen LogP contribution in [-0.2, 0) is 11.0 Å². The number of benzene rings is 3. The lowest BCUT2D eigenvalue weighted by atomic mass is 10.1. The van der Waals surface area contributed by atoms with E-state index in [1.54, 1.807) is 30.5 Å². The number of anilines is 2. The van der Waals surface area contributed by atoms with E-state index < -0.39 is 23.6 Å². The smallest absolute Gasteiger partial charge is 0.303 e. The lowest BCUT2D eigenvalue weighted by Gasteiger charge is -2.18. The highest BCUT2D eigenvalue weighted by molar-refractivity contribution is 8.15. The summed E-state index contributed by atoms with van der Waals surface area (Å²) in [6.07, 6.45) is -1.54. The number of amidine groups is 1. The molecule has 5 aromatic rings. The Morgan fingerprint density at radius 1 is 1.00 bits per heavy atom. The van der Waals surface area contributed by atoms with Gasteiger partial charge in [-0.05, 0) is 66.7 Å². The molecule has 1 fully saturated rings. The number of halogens is 4. The first kappa shape index (κ1) is 27.1. The highest BCUT2D eigenvalue weighted by Gasteiger charge is 2.32. The first-order valence-corrected chi connectivity index (χ1v) is 13.2. The molecule has 42 heavy (non-hydrogen) atoms. The number of amides is 3. The second-order valence-electron chi connectivity index (χ2n) is 8.94. The summed E-state index contributed by atoms with van der Waals surface area (Å²) in [6.45, 7) is 0. The summed E-state index contributed by atoms with van der Waals surface area (Å²) in [5.41, 5.74) is 0.848. The van der Waals surface area contributed by atoms with Gasteiger partial charge in [0.15, 0.2) is 11.0 Å². The Balaban J connectivity index is 1.19. The summed E-state index contributed by atoms with van der Waals surface area (Å²) in [5.74, 6) is -0.855. The zero-order valence-electron chi connectivity index (χ0n) is 21.2. The molecule has 0 atom stereocenters. The number of carbonyl (C=O) groups is 2. The maximum Gasteiger partial charge on any atom is 0.416 e. The number of nitrogens with one attached hydrogen (secondary N) is 1. The number of aromatic nitrogens is 4. The number of thioether (sulfide) groups is 1. The van der Waals surface area contributed by atoms with Crippen LogP contribution >= 0.6 is 11.8 Å². The molecule has 0 unspecified atom stereocenters. The average Bonchev–Trinajstić information content (AvgIpc) is 3.61. The lowest BCUT2D eigenvalue weighted by molar-refractivity contribution is -0.137. The molecule has 9 nitrogen and oxygen atoms in total. The van der Waals surface area contributed by atoms with Crippen molar-refractivity contribution in [3.63, 3.8) is 0 Å². The summed E-state index contributed by atoms with van der Waals surface area (Å²) in [6, 6.07) is 16.2. The maximum atomic E-state index is 15.0. The molecule has 1 aliphatic rings. The van der Waals surface area contributed by atoms with E-state index in [-0.39, 0.29) is 33.9 Å². The molecule has 210 valence electrons. The molecule has 2 aromatic heterocycles. The normalized spacial score (nSPS) is 14.6. The van der Waals surface area contributed by atoms with Crippen molar-refractivity contribution in [1.29, 1.82) is 0 Å². The molecule has 3 heterocycles. The summed E-state index contributed by atoms with van der Waals surface area (Å²) < 4.78 is 54.7. The molecular formula is C28H17F4N7O2S. The van der Waals surface area contributed by atoms with Crippen molar-refractivity contribution in [1.82, 2.24) is 19.7 Å². The van der Waals surface area contributed by atoms with E-state index in [2.05, 4.69) is 25.4 Å². The van der Waals surface area contributed by atoms with E-state index in [0.717, 1.165) is 30.0 Å². The van der Waals surface area contributed by atoms with Crippen molar-refractivity contribution in [2.75, 3.05) is 16.0 Å².